The fraction of sp³-hybridized carbons (Fsp3) is 0.364. The highest BCUT2D eigenvalue weighted by atomic mass is 16.5. The molecule has 2 aromatic heterocycles. The molecule has 17 heavy (non-hydrogen) atoms. The van der Waals surface area contributed by atoms with E-state index in [0.717, 1.165) is 18.6 Å². The molecule has 6 heteroatoms. The van der Waals surface area contributed by atoms with Gasteiger partial charge in [0.05, 0.1) is 12.2 Å². The van der Waals surface area contributed by atoms with Crippen molar-refractivity contribution in [1.82, 2.24) is 15.1 Å². The van der Waals surface area contributed by atoms with Crippen LogP contribution in [0.4, 0.5) is 0 Å². The molecule has 0 amide bonds. The summed E-state index contributed by atoms with van der Waals surface area (Å²) in [5.41, 5.74) is 1.21. The van der Waals surface area contributed by atoms with Crippen molar-refractivity contribution in [1.29, 1.82) is 5.26 Å². The second kappa shape index (κ2) is 4.03. The number of nitrogens with one attached hydrogen (secondary N) is 1. The fourth-order valence-electron chi connectivity index (χ4n) is 1.84. The Balaban J connectivity index is 1.86. The first-order valence-corrected chi connectivity index (χ1v) is 5.37. The maximum Gasteiger partial charge on any atom is 0.259 e. The van der Waals surface area contributed by atoms with Crippen molar-refractivity contribution < 1.29 is 9.26 Å². The Labute approximate surface area is 97.2 Å². The van der Waals surface area contributed by atoms with Crippen molar-refractivity contribution >= 4 is 0 Å². The molecule has 0 spiro atoms. The largest absolute Gasteiger partial charge is 0.381 e. The van der Waals surface area contributed by atoms with E-state index in [9.17, 15) is 0 Å². The van der Waals surface area contributed by atoms with Crippen molar-refractivity contribution in [3.05, 3.63) is 23.8 Å². The van der Waals surface area contributed by atoms with E-state index in [1.165, 1.54) is 0 Å². The lowest BCUT2D eigenvalue weighted by atomic mass is 10.1. The quantitative estimate of drug-likeness (QED) is 0.843. The Morgan fingerprint density at radius 2 is 2.47 bits per heavy atom. The predicted octanol–water partition coefficient (Wildman–Crippen LogP) is 1.44. The number of ether oxygens (including phenoxy) is 1. The molecule has 1 saturated heterocycles. The van der Waals surface area contributed by atoms with Crippen molar-refractivity contribution in [2.75, 3.05) is 13.2 Å². The SMILES string of the molecule is N#Cc1cc(-c2nc(C3CCOC3)no2)c[nH]1. The molecule has 1 aliphatic rings. The number of aromatic amines is 1. The van der Waals surface area contributed by atoms with E-state index in [1.807, 2.05) is 6.07 Å². The minimum absolute atomic E-state index is 0.224. The Morgan fingerprint density at radius 3 is 3.18 bits per heavy atom. The van der Waals surface area contributed by atoms with Gasteiger partial charge in [-0.3, -0.25) is 0 Å². The standard InChI is InChI=1S/C11H10N4O2/c12-4-9-3-8(5-13-9)11-14-10(15-17-11)7-1-2-16-6-7/h3,5,7,13H,1-2,6H2. The van der Waals surface area contributed by atoms with Crippen molar-refractivity contribution in [3.8, 4) is 17.5 Å². The van der Waals surface area contributed by atoms with Crippen molar-refractivity contribution in [3.63, 3.8) is 0 Å². The van der Waals surface area contributed by atoms with Crippen LogP contribution in [0.5, 0.6) is 0 Å². The summed E-state index contributed by atoms with van der Waals surface area (Å²) in [7, 11) is 0. The van der Waals surface area contributed by atoms with E-state index in [1.54, 1.807) is 12.3 Å². The predicted molar refractivity (Wildman–Crippen MR) is 57.0 cm³/mol. The van der Waals surface area contributed by atoms with Crippen LogP contribution in [0.2, 0.25) is 0 Å². The van der Waals surface area contributed by atoms with Crippen LogP contribution in [-0.2, 0) is 4.74 Å². The second-order valence-electron chi connectivity index (χ2n) is 3.93. The lowest BCUT2D eigenvalue weighted by Gasteiger charge is -1.97. The van der Waals surface area contributed by atoms with Crippen molar-refractivity contribution in [2.45, 2.75) is 12.3 Å². The Hall–Kier alpha value is -2.13. The molecule has 6 nitrogen and oxygen atoms in total. The minimum atomic E-state index is 0.224. The molecule has 1 N–H and O–H groups in total. The molecule has 0 radical (unpaired) electrons. The first kappa shape index (κ1) is 10.1. The highest BCUT2D eigenvalue weighted by molar-refractivity contribution is 5.54. The van der Waals surface area contributed by atoms with Gasteiger partial charge in [0, 0.05) is 18.7 Å². The van der Waals surface area contributed by atoms with Crippen LogP contribution in [0.25, 0.3) is 11.5 Å². The molecule has 0 aliphatic carbocycles. The van der Waals surface area contributed by atoms with E-state index in [4.69, 9.17) is 14.5 Å². The van der Waals surface area contributed by atoms with Gasteiger partial charge >= 0.3 is 0 Å². The Morgan fingerprint density at radius 1 is 1.53 bits per heavy atom. The zero-order valence-corrected chi connectivity index (χ0v) is 9.01. The first-order valence-electron chi connectivity index (χ1n) is 5.37. The van der Waals surface area contributed by atoms with Crippen LogP contribution in [-0.4, -0.2) is 28.3 Å². The van der Waals surface area contributed by atoms with Crippen LogP contribution in [0.3, 0.4) is 0 Å². The Kier molecular flexibility index (Phi) is 2.38. The minimum Gasteiger partial charge on any atom is -0.381 e. The van der Waals surface area contributed by atoms with Gasteiger partial charge < -0.3 is 14.2 Å². The van der Waals surface area contributed by atoms with Crippen LogP contribution >= 0.6 is 0 Å². The van der Waals surface area contributed by atoms with Crippen LogP contribution in [0.15, 0.2) is 16.8 Å². The molecule has 1 aliphatic heterocycles. The molecule has 0 bridgehead atoms. The van der Waals surface area contributed by atoms with Gasteiger partial charge in [0.15, 0.2) is 5.82 Å². The molecule has 3 rings (SSSR count). The van der Waals surface area contributed by atoms with E-state index >= 15 is 0 Å². The number of hydrogen-bond acceptors (Lipinski definition) is 5. The number of aromatic nitrogens is 3. The third kappa shape index (κ3) is 1.81. The third-order valence-corrected chi connectivity index (χ3v) is 2.79. The number of H-pyrrole nitrogens is 1. The molecular weight excluding hydrogens is 220 g/mol. The van der Waals surface area contributed by atoms with Gasteiger partial charge in [0.25, 0.3) is 5.89 Å². The van der Waals surface area contributed by atoms with Gasteiger partial charge in [-0.1, -0.05) is 5.16 Å². The monoisotopic (exact) mass is 230 g/mol. The van der Waals surface area contributed by atoms with Crippen LogP contribution < -0.4 is 0 Å². The molecular formula is C11H10N4O2. The number of nitriles is 1. The third-order valence-electron chi connectivity index (χ3n) is 2.79. The molecule has 1 unspecified atom stereocenters. The topological polar surface area (TPSA) is 87.7 Å². The summed E-state index contributed by atoms with van der Waals surface area (Å²) in [6.07, 6.45) is 2.61. The van der Waals surface area contributed by atoms with Gasteiger partial charge in [0.2, 0.25) is 0 Å². The zero-order chi connectivity index (χ0) is 11.7. The van der Waals surface area contributed by atoms with E-state index in [0.29, 0.717) is 24.0 Å². The van der Waals surface area contributed by atoms with Crippen LogP contribution in [0, 0.1) is 11.3 Å². The average molecular weight is 230 g/mol. The maximum atomic E-state index is 8.71. The van der Waals surface area contributed by atoms with E-state index < -0.39 is 0 Å². The first-order chi connectivity index (χ1) is 8.36. The summed E-state index contributed by atoms with van der Waals surface area (Å²) in [5.74, 6) is 1.34. The van der Waals surface area contributed by atoms with Gasteiger partial charge in [-0.15, -0.1) is 0 Å². The zero-order valence-electron chi connectivity index (χ0n) is 9.01. The number of hydrogen-bond donors (Lipinski definition) is 1. The van der Waals surface area contributed by atoms with Gasteiger partial charge in [-0.2, -0.15) is 10.2 Å². The maximum absolute atomic E-state index is 8.71. The molecule has 1 atom stereocenters. The number of rotatable bonds is 2. The average Bonchev–Trinajstić information content (AvgIpc) is 3.09. The summed E-state index contributed by atoms with van der Waals surface area (Å²) in [4.78, 5) is 7.14. The lowest BCUT2D eigenvalue weighted by Crippen LogP contribution is -1.99. The summed E-state index contributed by atoms with van der Waals surface area (Å²) in [5, 5.41) is 12.7. The summed E-state index contributed by atoms with van der Waals surface area (Å²) in [6, 6.07) is 3.70. The molecule has 3 heterocycles. The molecule has 86 valence electrons. The fourth-order valence-corrected chi connectivity index (χ4v) is 1.84. The van der Waals surface area contributed by atoms with Crippen LogP contribution in [0.1, 0.15) is 23.9 Å². The molecule has 0 aromatic carbocycles. The smallest absolute Gasteiger partial charge is 0.259 e. The van der Waals surface area contributed by atoms with Crippen molar-refractivity contribution in [2.24, 2.45) is 0 Å². The second-order valence-corrected chi connectivity index (χ2v) is 3.93. The van der Waals surface area contributed by atoms with Gasteiger partial charge in [-0.05, 0) is 12.5 Å². The summed E-state index contributed by atoms with van der Waals surface area (Å²) >= 11 is 0. The summed E-state index contributed by atoms with van der Waals surface area (Å²) < 4.78 is 10.5. The van der Waals surface area contributed by atoms with E-state index in [2.05, 4.69) is 15.1 Å². The lowest BCUT2D eigenvalue weighted by molar-refractivity contribution is 0.192. The Bertz CT molecular complexity index is 560. The highest BCUT2D eigenvalue weighted by Crippen LogP contribution is 2.25. The molecule has 2 aromatic rings. The van der Waals surface area contributed by atoms with Gasteiger partial charge in [0.1, 0.15) is 11.8 Å². The number of nitrogens with zero attached hydrogens (tertiary/aromatic N) is 3. The normalized spacial score (nSPS) is 19.4. The van der Waals surface area contributed by atoms with Gasteiger partial charge in [-0.25, -0.2) is 0 Å². The molecule has 0 saturated carbocycles. The molecule has 1 fully saturated rings. The summed E-state index contributed by atoms with van der Waals surface area (Å²) in [6.45, 7) is 1.40. The highest BCUT2D eigenvalue weighted by Gasteiger charge is 2.23. The van der Waals surface area contributed by atoms with E-state index in [-0.39, 0.29) is 5.92 Å².